The van der Waals surface area contributed by atoms with E-state index < -0.39 is 0 Å². The summed E-state index contributed by atoms with van der Waals surface area (Å²) in [4.78, 5) is 3.78. The van der Waals surface area contributed by atoms with Gasteiger partial charge in [-0.05, 0) is 23.8 Å². The first-order valence-electron chi connectivity index (χ1n) is 3.11. The predicted octanol–water partition coefficient (Wildman–Crippen LogP) is 2.94. The normalized spacial score (nSPS) is 8.82. The molecule has 0 spiro atoms. The molecule has 0 aliphatic rings. The lowest BCUT2D eigenvalue weighted by Gasteiger charge is -1.96. The van der Waals surface area contributed by atoms with Gasteiger partial charge in [0.15, 0.2) is 0 Å². The molecule has 3 heteroatoms. The van der Waals surface area contributed by atoms with Gasteiger partial charge in [-0.3, -0.25) is 0 Å². The molecule has 1 rings (SSSR count). The molecule has 1 nitrogen and oxygen atoms in total. The second-order valence-corrected chi connectivity index (χ2v) is 2.59. The average Bonchev–Trinajstić information content (AvgIpc) is 2.03. The molecule has 0 amide bonds. The molecule has 1 aromatic carbocycles. The average molecular weight is 184 g/mol. The minimum atomic E-state index is 0.517. The van der Waals surface area contributed by atoms with Crippen molar-refractivity contribution in [1.29, 1.82) is 0 Å². The Hall–Kier alpha value is -0.690. The first kappa shape index (κ1) is 8.41. The molecule has 11 heavy (non-hydrogen) atoms. The highest BCUT2D eigenvalue weighted by atomic mass is 35.5. The van der Waals surface area contributed by atoms with Gasteiger partial charge in [0.25, 0.3) is 0 Å². The van der Waals surface area contributed by atoms with Crippen LogP contribution in [0.2, 0.25) is 5.02 Å². The van der Waals surface area contributed by atoms with E-state index >= 15 is 0 Å². The third kappa shape index (κ3) is 2.43. The van der Waals surface area contributed by atoms with E-state index in [9.17, 15) is 0 Å². The first-order valence-corrected chi connectivity index (χ1v) is 3.90. The number of rotatable bonds is 2. The molecule has 0 saturated heterocycles. The standard InChI is InChI=1S/C8H6ClNS/c9-8-4-2-1-3-7(8)5-10-6-11/h1-4H,5H2. The zero-order valence-corrected chi connectivity index (χ0v) is 7.32. The van der Waals surface area contributed by atoms with E-state index in [0.29, 0.717) is 6.54 Å². The minimum Gasteiger partial charge on any atom is -0.228 e. The van der Waals surface area contributed by atoms with Crippen LogP contribution in [0.3, 0.4) is 0 Å². The Morgan fingerprint density at radius 3 is 2.82 bits per heavy atom. The smallest absolute Gasteiger partial charge is 0.0757 e. The zero-order valence-electron chi connectivity index (χ0n) is 5.75. The Labute approximate surface area is 75.7 Å². The van der Waals surface area contributed by atoms with Gasteiger partial charge in [0, 0.05) is 5.02 Å². The molecular formula is C8H6ClNS. The molecule has 0 saturated carbocycles. The maximum absolute atomic E-state index is 5.84. The first-order chi connectivity index (χ1) is 5.34. The van der Waals surface area contributed by atoms with Crippen LogP contribution in [0.4, 0.5) is 0 Å². The lowest BCUT2D eigenvalue weighted by atomic mass is 10.2. The van der Waals surface area contributed by atoms with Gasteiger partial charge >= 0.3 is 0 Å². The number of benzene rings is 1. The molecule has 0 aromatic heterocycles. The van der Waals surface area contributed by atoms with E-state index in [1.807, 2.05) is 24.3 Å². The van der Waals surface area contributed by atoms with Gasteiger partial charge < -0.3 is 0 Å². The van der Waals surface area contributed by atoms with Crippen molar-refractivity contribution in [3.8, 4) is 0 Å². The van der Waals surface area contributed by atoms with Crippen LogP contribution in [0.25, 0.3) is 0 Å². The molecule has 56 valence electrons. The zero-order chi connectivity index (χ0) is 8.10. The highest BCUT2D eigenvalue weighted by Crippen LogP contribution is 2.15. The molecule has 0 fully saturated rings. The number of hydrogen-bond donors (Lipinski definition) is 0. The molecule has 0 atom stereocenters. The van der Waals surface area contributed by atoms with Crippen LogP contribution >= 0.6 is 23.8 Å². The van der Waals surface area contributed by atoms with E-state index in [0.717, 1.165) is 10.6 Å². The second-order valence-electron chi connectivity index (χ2n) is 2.00. The lowest BCUT2D eigenvalue weighted by molar-refractivity contribution is 1.08. The number of isothiocyanates is 1. The molecule has 0 aliphatic carbocycles. The van der Waals surface area contributed by atoms with E-state index in [1.165, 1.54) is 0 Å². The van der Waals surface area contributed by atoms with Crippen LogP contribution in [0.15, 0.2) is 29.3 Å². The van der Waals surface area contributed by atoms with Crippen molar-refractivity contribution >= 4 is 29.0 Å². The van der Waals surface area contributed by atoms with Crippen molar-refractivity contribution in [2.75, 3.05) is 0 Å². The number of nitrogens with zero attached hydrogens (tertiary/aromatic N) is 1. The van der Waals surface area contributed by atoms with Crippen LogP contribution in [0.1, 0.15) is 5.56 Å². The summed E-state index contributed by atoms with van der Waals surface area (Å²) in [6.07, 6.45) is 0. The summed E-state index contributed by atoms with van der Waals surface area (Å²) in [6, 6.07) is 7.54. The summed E-state index contributed by atoms with van der Waals surface area (Å²) in [6.45, 7) is 0.517. The SMILES string of the molecule is S=C=NCc1ccccc1Cl. The Kier molecular flexibility index (Phi) is 3.24. The van der Waals surface area contributed by atoms with Crippen LogP contribution in [0.5, 0.6) is 0 Å². The number of hydrogen-bond acceptors (Lipinski definition) is 2. The molecule has 0 N–H and O–H groups in total. The fourth-order valence-corrected chi connectivity index (χ4v) is 1.00. The van der Waals surface area contributed by atoms with Gasteiger partial charge in [0.1, 0.15) is 0 Å². The number of halogens is 1. The predicted molar refractivity (Wildman–Crippen MR) is 50.2 cm³/mol. The Balaban J connectivity index is 2.85. The summed E-state index contributed by atoms with van der Waals surface area (Å²) >= 11 is 10.3. The van der Waals surface area contributed by atoms with Crippen molar-refractivity contribution in [3.63, 3.8) is 0 Å². The summed E-state index contributed by atoms with van der Waals surface area (Å²) in [5.41, 5.74) is 0.978. The maximum Gasteiger partial charge on any atom is 0.0757 e. The summed E-state index contributed by atoms with van der Waals surface area (Å²) in [7, 11) is 0. The highest BCUT2D eigenvalue weighted by molar-refractivity contribution is 7.78. The Morgan fingerprint density at radius 2 is 2.18 bits per heavy atom. The van der Waals surface area contributed by atoms with Crippen molar-refractivity contribution in [3.05, 3.63) is 34.9 Å². The molecule has 0 heterocycles. The van der Waals surface area contributed by atoms with Crippen LogP contribution in [-0.2, 0) is 6.54 Å². The fourth-order valence-electron chi connectivity index (χ4n) is 0.744. The molecule has 1 aromatic rings. The molecule has 0 unspecified atom stereocenters. The Morgan fingerprint density at radius 1 is 1.45 bits per heavy atom. The van der Waals surface area contributed by atoms with Gasteiger partial charge in [0.2, 0.25) is 0 Å². The van der Waals surface area contributed by atoms with Gasteiger partial charge in [-0.15, -0.1) is 0 Å². The highest BCUT2D eigenvalue weighted by Gasteiger charge is 1.94. The van der Waals surface area contributed by atoms with Gasteiger partial charge in [-0.25, -0.2) is 4.99 Å². The molecule has 0 aliphatic heterocycles. The van der Waals surface area contributed by atoms with Gasteiger partial charge in [-0.2, -0.15) is 0 Å². The maximum atomic E-state index is 5.84. The van der Waals surface area contributed by atoms with Gasteiger partial charge in [0.05, 0.1) is 11.7 Å². The largest absolute Gasteiger partial charge is 0.228 e. The number of thiocarbonyl (C=S) groups is 1. The summed E-state index contributed by atoms with van der Waals surface area (Å²) in [5.74, 6) is 0. The van der Waals surface area contributed by atoms with Crippen molar-refractivity contribution < 1.29 is 0 Å². The Bertz CT molecular complexity index is 292. The van der Waals surface area contributed by atoms with E-state index in [2.05, 4.69) is 22.4 Å². The third-order valence-electron chi connectivity index (χ3n) is 1.27. The van der Waals surface area contributed by atoms with Crippen LogP contribution < -0.4 is 0 Å². The summed E-state index contributed by atoms with van der Waals surface area (Å²) < 4.78 is 0. The van der Waals surface area contributed by atoms with Crippen molar-refractivity contribution in [2.24, 2.45) is 4.99 Å². The minimum absolute atomic E-state index is 0.517. The van der Waals surface area contributed by atoms with Crippen LogP contribution in [0, 0.1) is 0 Å². The van der Waals surface area contributed by atoms with E-state index in [-0.39, 0.29) is 0 Å². The second kappa shape index (κ2) is 4.24. The fraction of sp³-hybridized carbons (Fsp3) is 0.125. The van der Waals surface area contributed by atoms with E-state index in [1.54, 1.807) is 0 Å². The van der Waals surface area contributed by atoms with Gasteiger partial charge in [-0.1, -0.05) is 29.8 Å². The molecule has 0 bridgehead atoms. The van der Waals surface area contributed by atoms with E-state index in [4.69, 9.17) is 11.6 Å². The van der Waals surface area contributed by atoms with Crippen LogP contribution in [-0.4, -0.2) is 5.16 Å². The summed E-state index contributed by atoms with van der Waals surface area (Å²) in [5, 5.41) is 3.02. The molecule has 0 radical (unpaired) electrons. The third-order valence-corrected chi connectivity index (χ3v) is 1.77. The molecular weight excluding hydrogens is 178 g/mol. The van der Waals surface area contributed by atoms with Crippen molar-refractivity contribution in [1.82, 2.24) is 0 Å². The monoisotopic (exact) mass is 183 g/mol. The van der Waals surface area contributed by atoms with Crippen molar-refractivity contribution in [2.45, 2.75) is 6.54 Å². The number of aliphatic imine (C=N–C) groups is 1. The lowest BCUT2D eigenvalue weighted by Crippen LogP contribution is -1.80. The topological polar surface area (TPSA) is 12.4 Å². The quantitative estimate of drug-likeness (QED) is 0.507.